The standard InChI is InChI=1S/C23H17F3N2O/c1-14(29)28-19-12-16(15-5-7-18(8-6-15)23(24,25)26)11-17(13-19)20-3-2-4-22-21(20)9-10-27-22/h2-13,27H,1H3,(H,28,29). The molecular formula is C23H17F3N2O. The van der Waals surface area contributed by atoms with Crippen molar-refractivity contribution in [2.45, 2.75) is 13.1 Å². The Labute approximate surface area is 165 Å². The van der Waals surface area contributed by atoms with E-state index in [2.05, 4.69) is 10.3 Å². The molecule has 6 heteroatoms. The lowest BCUT2D eigenvalue weighted by atomic mass is 9.95. The number of benzene rings is 3. The third-order valence-corrected chi connectivity index (χ3v) is 4.70. The summed E-state index contributed by atoms with van der Waals surface area (Å²) in [6.45, 7) is 1.41. The van der Waals surface area contributed by atoms with Crippen LogP contribution >= 0.6 is 0 Å². The predicted octanol–water partition coefficient (Wildman–Crippen LogP) is 6.48. The highest BCUT2D eigenvalue weighted by Crippen LogP contribution is 2.35. The van der Waals surface area contributed by atoms with Crippen LogP contribution in [0.2, 0.25) is 0 Å². The van der Waals surface area contributed by atoms with E-state index in [4.69, 9.17) is 0 Å². The average molecular weight is 394 g/mol. The van der Waals surface area contributed by atoms with Gasteiger partial charge in [0.2, 0.25) is 5.91 Å². The Morgan fingerprint density at radius 3 is 2.31 bits per heavy atom. The van der Waals surface area contributed by atoms with Crippen LogP contribution < -0.4 is 5.32 Å². The van der Waals surface area contributed by atoms with Gasteiger partial charge < -0.3 is 10.3 Å². The van der Waals surface area contributed by atoms with Crippen LogP contribution in [0.25, 0.3) is 33.2 Å². The minimum Gasteiger partial charge on any atom is -0.361 e. The molecule has 0 bridgehead atoms. The van der Waals surface area contributed by atoms with E-state index >= 15 is 0 Å². The van der Waals surface area contributed by atoms with Gasteiger partial charge in [-0.3, -0.25) is 4.79 Å². The molecule has 0 aliphatic rings. The molecule has 0 aliphatic carbocycles. The molecule has 0 radical (unpaired) electrons. The highest BCUT2D eigenvalue weighted by Gasteiger charge is 2.30. The number of halogens is 3. The highest BCUT2D eigenvalue weighted by atomic mass is 19.4. The summed E-state index contributed by atoms with van der Waals surface area (Å²) in [5.74, 6) is -0.222. The monoisotopic (exact) mass is 394 g/mol. The Kier molecular flexibility index (Phi) is 4.62. The van der Waals surface area contributed by atoms with Crippen molar-refractivity contribution in [3.05, 3.63) is 78.5 Å². The fourth-order valence-electron chi connectivity index (χ4n) is 3.41. The first-order valence-corrected chi connectivity index (χ1v) is 8.98. The van der Waals surface area contributed by atoms with E-state index in [1.807, 2.05) is 42.6 Å². The van der Waals surface area contributed by atoms with Crippen LogP contribution in [0.4, 0.5) is 18.9 Å². The summed E-state index contributed by atoms with van der Waals surface area (Å²) in [5, 5.41) is 3.80. The van der Waals surface area contributed by atoms with Crippen LogP contribution in [0.5, 0.6) is 0 Å². The molecule has 0 unspecified atom stereocenters. The number of anilines is 1. The second-order valence-corrected chi connectivity index (χ2v) is 6.80. The van der Waals surface area contributed by atoms with Crippen molar-refractivity contribution in [3.8, 4) is 22.3 Å². The second kappa shape index (κ2) is 7.13. The molecule has 1 heterocycles. The smallest absolute Gasteiger partial charge is 0.361 e. The zero-order chi connectivity index (χ0) is 20.6. The van der Waals surface area contributed by atoms with Gasteiger partial charge in [0, 0.05) is 29.7 Å². The van der Waals surface area contributed by atoms with E-state index in [0.29, 0.717) is 16.8 Å². The zero-order valence-corrected chi connectivity index (χ0v) is 15.5. The van der Waals surface area contributed by atoms with Crippen LogP contribution in [0.15, 0.2) is 72.9 Å². The third kappa shape index (κ3) is 3.87. The summed E-state index contributed by atoms with van der Waals surface area (Å²) in [4.78, 5) is 14.8. The van der Waals surface area contributed by atoms with Crippen molar-refractivity contribution < 1.29 is 18.0 Å². The van der Waals surface area contributed by atoms with Crippen LogP contribution in [-0.2, 0) is 11.0 Å². The zero-order valence-electron chi connectivity index (χ0n) is 15.5. The van der Waals surface area contributed by atoms with Crippen LogP contribution in [0.1, 0.15) is 12.5 Å². The lowest BCUT2D eigenvalue weighted by Crippen LogP contribution is -2.06. The van der Waals surface area contributed by atoms with E-state index < -0.39 is 11.7 Å². The summed E-state index contributed by atoms with van der Waals surface area (Å²) in [5.41, 5.74) is 4.03. The lowest BCUT2D eigenvalue weighted by molar-refractivity contribution is -0.137. The minimum atomic E-state index is -4.38. The molecular weight excluding hydrogens is 377 g/mol. The van der Waals surface area contributed by atoms with Crippen molar-refractivity contribution >= 4 is 22.5 Å². The van der Waals surface area contributed by atoms with Crippen molar-refractivity contribution in [1.29, 1.82) is 0 Å². The second-order valence-electron chi connectivity index (χ2n) is 6.80. The van der Waals surface area contributed by atoms with E-state index in [1.54, 1.807) is 6.07 Å². The number of carbonyl (C=O) groups is 1. The number of rotatable bonds is 3. The molecule has 0 saturated carbocycles. The first-order chi connectivity index (χ1) is 13.8. The Morgan fingerprint density at radius 1 is 0.897 bits per heavy atom. The minimum absolute atomic E-state index is 0.222. The number of carbonyl (C=O) groups excluding carboxylic acids is 1. The average Bonchev–Trinajstić information content (AvgIpc) is 3.15. The molecule has 0 fully saturated rings. The van der Waals surface area contributed by atoms with Gasteiger partial charge in [0.1, 0.15) is 0 Å². The van der Waals surface area contributed by atoms with Crippen LogP contribution in [0.3, 0.4) is 0 Å². The number of H-pyrrole nitrogens is 1. The topological polar surface area (TPSA) is 44.9 Å². The predicted molar refractivity (Wildman–Crippen MR) is 108 cm³/mol. The Morgan fingerprint density at radius 2 is 1.62 bits per heavy atom. The van der Waals surface area contributed by atoms with Gasteiger partial charge in [0.05, 0.1) is 5.56 Å². The normalized spacial score (nSPS) is 11.6. The number of fused-ring (bicyclic) bond motifs is 1. The fraction of sp³-hybridized carbons (Fsp3) is 0.0870. The quantitative estimate of drug-likeness (QED) is 0.410. The van der Waals surface area contributed by atoms with Crippen LogP contribution in [-0.4, -0.2) is 10.9 Å². The number of hydrogen-bond donors (Lipinski definition) is 2. The number of amides is 1. The van der Waals surface area contributed by atoms with E-state index in [-0.39, 0.29) is 5.91 Å². The first-order valence-electron chi connectivity index (χ1n) is 8.98. The van der Waals surface area contributed by atoms with E-state index in [1.165, 1.54) is 19.1 Å². The molecule has 1 aromatic heterocycles. The fourth-order valence-corrected chi connectivity index (χ4v) is 3.41. The molecule has 4 aromatic rings. The molecule has 1 amide bonds. The molecule has 0 spiro atoms. The lowest BCUT2D eigenvalue weighted by Gasteiger charge is -2.13. The molecule has 0 atom stereocenters. The van der Waals surface area contributed by atoms with Crippen molar-refractivity contribution in [2.75, 3.05) is 5.32 Å². The molecule has 3 nitrogen and oxygen atoms in total. The molecule has 2 N–H and O–H groups in total. The van der Waals surface area contributed by atoms with Crippen molar-refractivity contribution in [1.82, 2.24) is 4.98 Å². The van der Waals surface area contributed by atoms with Gasteiger partial charge in [-0.2, -0.15) is 13.2 Å². The summed E-state index contributed by atoms with van der Waals surface area (Å²) in [6, 6.07) is 18.4. The molecule has 3 aromatic carbocycles. The Balaban J connectivity index is 1.85. The molecule has 29 heavy (non-hydrogen) atoms. The van der Waals surface area contributed by atoms with Gasteiger partial charge in [-0.15, -0.1) is 0 Å². The van der Waals surface area contributed by atoms with Gasteiger partial charge in [-0.1, -0.05) is 24.3 Å². The number of aromatic nitrogens is 1. The Hall–Kier alpha value is -3.54. The maximum Gasteiger partial charge on any atom is 0.416 e. The van der Waals surface area contributed by atoms with Gasteiger partial charge >= 0.3 is 6.18 Å². The number of aromatic amines is 1. The Bertz CT molecular complexity index is 1190. The van der Waals surface area contributed by atoms with E-state index in [9.17, 15) is 18.0 Å². The van der Waals surface area contributed by atoms with Crippen molar-refractivity contribution in [2.24, 2.45) is 0 Å². The molecule has 4 rings (SSSR count). The van der Waals surface area contributed by atoms with Gasteiger partial charge in [0.15, 0.2) is 0 Å². The maximum absolute atomic E-state index is 12.9. The number of alkyl halides is 3. The summed E-state index contributed by atoms with van der Waals surface area (Å²) in [6.07, 6.45) is -2.53. The highest BCUT2D eigenvalue weighted by molar-refractivity contribution is 5.98. The van der Waals surface area contributed by atoms with Gasteiger partial charge in [-0.05, 0) is 64.7 Å². The van der Waals surface area contributed by atoms with Gasteiger partial charge in [-0.25, -0.2) is 0 Å². The first kappa shape index (κ1) is 18.8. The molecule has 0 aliphatic heterocycles. The van der Waals surface area contributed by atoms with E-state index in [0.717, 1.165) is 34.2 Å². The van der Waals surface area contributed by atoms with Crippen molar-refractivity contribution in [3.63, 3.8) is 0 Å². The molecule has 146 valence electrons. The molecule has 0 saturated heterocycles. The number of hydrogen-bond acceptors (Lipinski definition) is 1. The summed E-state index contributed by atoms with van der Waals surface area (Å²) < 4.78 is 38.6. The summed E-state index contributed by atoms with van der Waals surface area (Å²) >= 11 is 0. The van der Waals surface area contributed by atoms with Crippen LogP contribution in [0, 0.1) is 0 Å². The SMILES string of the molecule is CC(=O)Nc1cc(-c2ccc(C(F)(F)F)cc2)cc(-c2cccc3[nH]ccc23)c1. The summed E-state index contributed by atoms with van der Waals surface area (Å²) in [7, 11) is 0. The number of nitrogens with one attached hydrogen (secondary N) is 2. The van der Waals surface area contributed by atoms with Gasteiger partial charge in [0.25, 0.3) is 0 Å². The maximum atomic E-state index is 12.9. The third-order valence-electron chi connectivity index (χ3n) is 4.70. The largest absolute Gasteiger partial charge is 0.416 e.